The number of halogens is 1. The second-order valence-corrected chi connectivity index (χ2v) is 6.26. The Balaban J connectivity index is 2.29. The summed E-state index contributed by atoms with van der Waals surface area (Å²) in [6, 6.07) is 8.80. The second kappa shape index (κ2) is 6.43. The summed E-state index contributed by atoms with van der Waals surface area (Å²) in [5, 5.41) is 21.9. The average Bonchev–Trinajstić information content (AvgIpc) is 2.84. The number of aliphatic hydroxyl groups is 1. The van der Waals surface area contributed by atoms with E-state index >= 15 is 0 Å². The molecule has 7 heteroatoms. The van der Waals surface area contributed by atoms with Crippen LogP contribution in [0.25, 0.3) is 0 Å². The molecule has 0 radical (unpaired) electrons. The first-order valence-corrected chi connectivity index (χ1v) is 7.49. The summed E-state index contributed by atoms with van der Waals surface area (Å²) in [7, 11) is 1.78. The maximum atomic E-state index is 11.2. The summed E-state index contributed by atoms with van der Waals surface area (Å²) in [4.78, 5) is 13.1. The lowest BCUT2D eigenvalue weighted by Crippen LogP contribution is -2.16. The van der Waals surface area contributed by atoms with E-state index in [2.05, 4.69) is 0 Å². The molecule has 0 aliphatic heterocycles. The van der Waals surface area contributed by atoms with E-state index in [1.165, 1.54) is 17.4 Å². The van der Waals surface area contributed by atoms with Crippen LogP contribution in [0, 0.1) is 10.1 Å². The van der Waals surface area contributed by atoms with Crippen molar-refractivity contribution in [3.8, 4) is 0 Å². The molecule has 1 aromatic heterocycles. The molecule has 0 amide bonds. The van der Waals surface area contributed by atoms with Crippen molar-refractivity contribution in [3.05, 3.63) is 55.9 Å². The normalized spacial score (nSPS) is 12.2. The van der Waals surface area contributed by atoms with Crippen LogP contribution in [0.3, 0.4) is 0 Å². The average molecular weight is 327 g/mol. The van der Waals surface area contributed by atoms with Gasteiger partial charge in [-0.05, 0) is 24.6 Å². The molecule has 21 heavy (non-hydrogen) atoms. The van der Waals surface area contributed by atoms with Gasteiger partial charge in [0.15, 0.2) is 5.00 Å². The highest BCUT2D eigenvalue weighted by atomic mass is 35.5. The molecule has 0 saturated heterocycles. The van der Waals surface area contributed by atoms with E-state index in [0.717, 1.165) is 5.56 Å². The first kappa shape index (κ1) is 15.8. The topological polar surface area (TPSA) is 66.6 Å². The molecule has 0 unspecified atom stereocenters. The van der Waals surface area contributed by atoms with Gasteiger partial charge >= 0.3 is 5.69 Å². The Bertz CT molecular complexity index is 657. The van der Waals surface area contributed by atoms with Crippen LogP contribution >= 0.6 is 22.9 Å². The van der Waals surface area contributed by atoms with E-state index < -0.39 is 11.0 Å². The minimum absolute atomic E-state index is 0.0143. The standard InChI is InChI=1S/C14H15ClN2O3S/c1-9(18)13-7-12(17(19)20)14(21-13)16(2)8-10-4-3-5-11(15)6-10/h3-7,9,18H,8H2,1-2H3/t9-/m1/s1. The molecule has 112 valence electrons. The van der Waals surface area contributed by atoms with Gasteiger partial charge in [0, 0.05) is 29.6 Å². The zero-order valence-corrected chi connectivity index (χ0v) is 13.2. The van der Waals surface area contributed by atoms with Crippen LogP contribution < -0.4 is 4.90 Å². The van der Waals surface area contributed by atoms with Crippen molar-refractivity contribution in [2.75, 3.05) is 11.9 Å². The molecule has 5 nitrogen and oxygen atoms in total. The van der Waals surface area contributed by atoms with E-state index in [9.17, 15) is 15.2 Å². The third kappa shape index (κ3) is 3.72. The molecule has 2 rings (SSSR count). The van der Waals surface area contributed by atoms with Gasteiger partial charge in [0.1, 0.15) is 0 Å². The van der Waals surface area contributed by atoms with Gasteiger partial charge in [0.05, 0.1) is 11.0 Å². The number of nitrogens with zero attached hydrogens (tertiary/aromatic N) is 2. The van der Waals surface area contributed by atoms with Crippen LogP contribution in [0.1, 0.15) is 23.5 Å². The first-order valence-electron chi connectivity index (χ1n) is 6.30. The molecule has 0 aliphatic rings. The predicted octanol–water partition coefficient (Wildman–Crippen LogP) is 4.00. The maximum absolute atomic E-state index is 11.2. The minimum atomic E-state index is -0.720. The fourth-order valence-electron chi connectivity index (χ4n) is 1.98. The number of thiophene rings is 1. The van der Waals surface area contributed by atoms with Gasteiger partial charge < -0.3 is 10.0 Å². The Labute approximate surface area is 131 Å². The maximum Gasteiger partial charge on any atom is 0.304 e. The molecule has 0 fully saturated rings. The number of aliphatic hydroxyl groups excluding tert-OH is 1. The number of hydrogen-bond donors (Lipinski definition) is 1. The van der Waals surface area contributed by atoms with E-state index in [0.29, 0.717) is 21.4 Å². The monoisotopic (exact) mass is 326 g/mol. The lowest BCUT2D eigenvalue weighted by atomic mass is 10.2. The van der Waals surface area contributed by atoms with Gasteiger partial charge in [0.25, 0.3) is 0 Å². The quantitative estimate of drug-likeness (QED) is 0.666. The lowest BCUT2D eigenvalue weighted by Gasteiger charge is -2.16. The van der Waals surface area contributed by atoms with Gasteiger partial charge in [0.2, 0.25) is 0 Å². The summed E-state index contributed by atoms with van der Waals surface area (Å²) in [6.07, 6.45) is -0.720. The minimum Gasteiger partial charge on any atom is -0.388 e. The van der Waals surface area contributed by atoms with E-state index in [1.54, 1.807) is 24.9 Å². The van der Waals surface area contributed by atoms with Crippen molar-refractivity contribution in [3.63, 3.8) is 0 Å². The SMILES string of the molecule is C[C@@H](O)c1cc([N+](=O)[O-])c(N(C)Cc2cccc(Cl)c2)s1. The largest absolute Gasteiger partial charge is 0.388 e. The van der Waals surface area contributed by atoms with Crippen LogP contribution in [-0.2, 0) is 6.54 Å². The van der Waals surface area contributed by atoms with Crippen LogP contribution in [0.4, 0.5) is 10.7 Å². The zero-order chi connectivity index (χ0) is 15.6. The predicted molar refractivity (Wildman–Crippen MR) is 85.2 cm³/mol. The van der Waals surface area contributed by atoms with Crippen molar-refractivity contribution < 1.29 is 10.0 Å². The molecule has 0 bridgehead atoms. The van der Waals surface area contributed by atoms with E-state index in [1.807, 2.05) is 18.2 Å². The van der Waals surface area contributed by atoms with Crippen LogP contribution in [0.2, 0.25) is 5.02 Å². The Kier molecular flexibility index (Phi) is 4.82. The van der Waals surface area contributed by atoms with E-state index in [-0.39, 0.29) is 5.69 Å². The Hall–Kier alpha value is -1.63. The third-order valence-electron chi connectivity index (χ3n) is 2.98. The van der Waals surface area contributed by atoms with Gasteiger partial charge in [-0.1, -0.05) is 23.7 Å². The third-order valence-corrected chi connectivity index (χ3v) is 4.62. The summed E-state index contributed by atoms with van der Waals surface area (Å²) in [5.74, 6) is 0. The van der Waals surface area contributed by atoms with Crippen LogP contribution in [0.15, 0.2) is 30.3 Å². The molecule has 0 saturated carbocycles. The molecule has 2 aromatic rings. The molecular formula is C14H15ClN2O3S. The molecule has 1 N–H and O–H groups in total. The molecule has 0 spiro atoms. The molecule has 1 atom stereocenters. The molecular weight excluding hydrogens is 312 g/mol. The summed E-state index contributed by atoms with van der Waals surface area (Å²) in [6.45, 7) is 2.09. The molecule has 0 aliphatic carbocycles. The van der Waals surface area contributed by atoms with Gasteiger partial charge in [-0.2, -0.15) is 0 Å². The smallest absolute Gasteiger partial charge is 0.304 e. The summed E-state index contributed by atoms with van der Waals surface area (Å²) in [5.41, 5.74) is 0.978. The van der Waals surface area contributed by atoms with Crippen molar-refractivity contribution in [1.82, 2.24) is 0 Å². The van der Waals surface area contributed by atoms with Crippen LogP contribution in [-0.4, -0.2) is 17.1 Å². The van der Waals surface area contributed by atoms with Crippen molar-refractivity contribution in [2.45, 2.75) is 19.6 Å². The van der Waals surface area contributed by atoms with Crippen LogP contribution in [0.5, 0.6) is 0 Å². The summed E-state index contributed by atoms with van der Waals surface area (Å²) < 4.78 is 0. The fraction of sp³-hybridized carbons (Fsp3) is 0.286. The highest BCUT2D eigenvalue weighted by Gasteiger charge is 2.23. The number of benzene rings is 1. The van der Waals surface area contributed by atoms with E-state index in [4.69, 9.17) is 11.6 Å². The molecule has 1 aromatic carbocycles. The van der Waals surface area contributed by atoms with Crippen molar-refractivity contribution >= 4 is 33.6 Å². The number of nitro groups is 1. The Morgan fingerprint density at radius 3 is 2.76 bits per heavy atom. The molecule has 1 heterocycles. The highest BCUT2D eigenvalue weighted by molar-refractivity contribution is 7.16. The second-order valence-electron chi connectivity index (χ2n) is 4.76. The van der Waals surface area contributed by atoms with Crippen molar-refractivity contribution in [2.24, 2.45) is 0 Å². The zero-order valence-electron chi connectivity index (χ0n) is 11.6. The van der Waals surface area contributed by atoms with Gasteiger partial charge in [-0.15, -0.1) is 11.3 Å². The first-order chi connectivity index (χ1) is 9.88. The van der Waals surface area contributed by atoms with Gasteiger partial charge in [-0.25, -0.2) is 0 Å². The summed E-state index contributed by atoms with van der Waals surface area (Å²) >= 11 is 7.17. The number of anilines is 1. The number of rotatable bonds is 5. The fourth-order valence-corrected chi connectivity index (χ4v) is 3.22. The highest BCUT2D eigenvalue weighted by Crippen LogP contribution is 2.40. The Morgan fingerprint density at radius 1 is 1.48 bits per heavy atom. The van der Waals surface area contributed by atoms with Gasteiger partial charge in [-0.3, -0.25) is 10.1 Å². The Morgan fingerprint density at radius 2 is 2.19 bits per heavy atom. The number of hydrogen-bond acceptors (Lipinski definition) is 5. The van der Waals surface area contributed by atoms with Crippen molar-refractivity contribution in [1.29, 1.82) is 0 Å². The lowest BCUT2D eigenvalue weighted by molar-refractivity contribution is -0.383.